The summed E-state index contributed by atoms with van der Waals surface area (Å²) in [4.78, 5) is 26.3. The van der Waals surface area contributed by atoms with Crippen molar-refractivity contribution in [3.8, 4) is 0 Å². The number of nitro groups is 1. The lowest BCUT2D eigenvalue weighted by Gasteiger charge is -2.41. The van der Waals surface area contributed by atoms with E-state index in [1.165, 1.54) is 12.1 Å². The SMILES string of the molecule is O=C1c2ccccc2C(OC[C@@H]2CCCC[C@@H]2CO)(c2ccc(Cl)cc2)N1Cc1ccc([N+](=O)[O-])cc1. The Morgan fingerprint density at radius 3 is 2.35 bits per heavy atom. The molecule has 192 valence electrons. The third-order valence-electron chi connectivity index (χ3n) is 7.68. The zero-order valence-corrected chi connectivity index (χ0v) is 21.1. The minimum atomic E-state index is -1.21. The van der Waals surface area contributed by atoms with E-state index in [0.717, 1.165) is 42.4 Å². The van der Waals surface area contributed by atoms with Crippen molar-refractivity contribution in [3.63, 3.8) is 0 Å². The quantitative estimate of drug-likeness (QED) is 0.294. The molecule has 1 saturated carbocycles. The molecule has 3 atom stereocenters. The molecular weight excluding hydrogens is 492 g/mol. The maximum absolute atomic E-state index is 13.9. The van der Waals surface area contributed by atoms with Crippen LogP contribution in [0, 0.1) is 22.0 Å². The van der Waals surface area contributed by atoms with Crippen LogP contribution >= 0.6 is 11.6 Å². The Hall–Kier alpha value is -3.26. The molecule has 0 bridgehead atoms. The average molecular weight is 521 g/mol. The fourth-order valence-corrected chi connectivity index (χ4v) is 5.81. The molecule has 1 amide bonds. The number of nitro benzene ring substituents is 1. The lowest BCUT2D eigenvalue weighted by molar-refractivity contribution is -0.384. The smallest absolute Gasteiger partial charge is 0.269 e. The van der Waals surface area contributed by atoms with Gasteiger partial charge in [0.05, 0.1) is 11.5 Å². The molecule has 1 aliphatic heterocycles. The highest BCUT2D eigenvalue weighted by Gasteiger charge is 2.52. The van der Waals surface area contributed by atoms with Gasteiger partial charge >= 0.3 is 0 Å². The van der Waals surface area contributed by atoms with Crippen molar-refractivity contribution in [1.29, 1.82) is 0 Å². The minimum absolute atomic E-state index is 0.00709. The van der Waals surface area contributed by atoms with Gasteiger partial charge < -0.3 is 9.84 Å². The Morgan fingerprint density at radius 2 is 1.68 bits per heavy atom. The van der Waals surface area contributed by atoms with Crippen LogP contribution in [0.2, 0.25) is 5.02 Å². The number of carbonyl (C=O) groups is 1. The van der Waals surface area contributed by atoms with E-state index in [1.807, 2.05) is 30.3 Å². The molecule has 37 heavy (non-hydrogen) atoms. The summed E-state index contributed by atoms with van der Waals surface area (Å²) < 4.78 is 6.87. The number of hydrogen-bond acceptors (Lipinski definition) is 5. The molecule has 5 rings (SSSR count). The summed E-state index contributed by atoms with van der Waals surface area (Å²) in [6.45, 7) is 0.693. The van der Waals surface area contributed by atoms with Crippen LogP contribution in [0.25, 0.3) is 0 Å². The van der Waals surface area contributed by atoms with Gasteiger partial charge in [0.25, 0.3) is 11.6 Å². The van der Waals surface area contributed by atoms with Crippen molar-refractivity contribution in [2.75, 3.05) is 13.2 Å². The summed E-state index contributed by atoms with van der Waals surface area (Å²) in [6, 6.07) is 21.0. The first-order chi connectivity index (χ1) is 17.9. The lowest BCUT2D eigenvalue weighted by Crippen LogP contribution is -2.47. The topological polar surface area (TPSA) is 92.9 Å². The molecule has 1 heterocycles. The molecule has 3 aromatic carbocycles. The standard InChI is InChI=1S/C29H29ClN2O5/c30-24-13-11-23(12-14-24)29(37-19-22-6-2-1-5-21(22)18-33)27-8-4-3-7-26(27)28(34)31(29)17-20-9-15-25(16-10-20)32(35)36/h3-4,7-16,21-22,33H,1-2,5-6,17-19H2/t21-,22+,29?/m1/s1. The normalized spacial score (nSPS) is 23.2. The number of non-ortho nitro benzene ring substituents is 1. The van der Waals surface area contributed by atoms with E-state index in [4.69, 9.17) is 16.3 Å². The Labute approximate surface area is 220 Å². The third-order valence-corrected chi connectivity index (χ3v) is 7.93. The van der Waals surface area contributed by atoms with Crippen molar-refractivity contribution in [1.82, 2.24) is 4.90 Å². The van der Waals surface area contributed by atoms with Crippen molar-refractivity contribution < 1.29 is 19.6 Å². The van der Waals surface area contributed by atoms with Crippen molar-refractivity contribution in [2.24, 2.45) is 11.8 Å². The van der Waals surface area contributed by atoms with Gasteiger partial charge in [0.1, 0.15) is 0 Å². The van der Waals surface area contributed by atoms with Gasteiger partial charge in [-0.1, -0.05) is 66.9 Å². The summed E-state index contributed by atoms with van der Waals surface area (Å²) in [6.07, 6.45) is 4.10. The Morgan fingerprint density at radius 1 is 1.00 bits per heavy atom. The first-order valence-corrected chi connectivity index (χ1v) is 13.0. The van der Waals surface area contributed by atoms with E-state index < -0.39 is 10.6 Å². The van der Waals surface area contributed by atoms with Crippen LogP contribution in [0.1, 0.15) is 52.7 Å². The van der Waals surface area contributed by atoms with E-state index in [0.29, 0.717) is 17.2 Å². The van der Waals surface area contributed by atoms with Crippen LogP contribution in [0.4, 0.5) is 5.69 Å². The molecule has 1 fully saturated rings. The van der Waals surface area contributed by atoms with Gasteiger partial charge in [-0.25, -0.2) is 0 Å². The zero-order valence-electron chi connectivity index (χ0n) is 20.4. The second-order valence-corrected chi connectivity index (χ2v) is 10.2. The van der Waals surface area contributed by atoms with E-state index in [9.17, 15) is 20.0 Å². The fourth-order valence-electron chi connectivity index (χ4n) is 5.69. The predicted molar refractivity (Wildman–Crippen MR) is 140 cm³/mol. The molecule has 8 heteroatoms. The first kappa shape index (κ1) is 25.4. The molecule has 1 unspecified atom stereocenters. The van der Waals surface area contributed by atoms with Gasteiger partial charge in [0, 0.05) is 47.0 Å². The lowest BCUT2D eigenvalue weighted by atomic mass is 9.80. The van der Waals surface area contributed by atoms with E-state index in [-0.39, 0.29) is 36.6 Å². The number of hydrogen-bond donors (Lipinski definition) is 1. The number of fused-ring (bicyclic) bond motifs is 1. The van der Waals surface area contributed by atoms with Crippen molar-refractivity contribution in [3.05, 3.63) is 110 Å². The first-order valence-electron chi connectivity index (χ1n) is 12.6. The largest absolute Gasteiger partial charge is 0.396 e. The summed E-state index contributed by atoms with van der Waals surface area (Å²) in [5.74, 6) is 0.157. The molecule has 2 aliphatic rings. The third kappa shape index (κ3) is 4.75. The highest BCUT2D eigenvalue weighted by molar-refractivity contribution is 6.30. The van der Waals surface area contributed by atoms with E-state index in [2.05, 4.69) is 0 Å². The maximum atomic E-state index is 13.9. The summed E-state index contributed by atoms with van der Waals surface area (Å²) in [7, 11) is 0. The second kappa shape index (κ2) is 10.6. The van der Waals surface area contributed by atoms with E-state index >= 15 is 0 Å². The number of amides is 1. The molecule has 7 nitrogen and oxygen atoms in total. The second-order valence-electron chi connectivity index (χ2n) is 9.81. The number of aliphatic hydroxyl groups is 1. The molecule has 0 saturated heterocycles. The van der Waals surface area contributed by atoms with Gasteiger partial charge in [0.15, 0.2) is 5.72 Å². The predicted octanol–water partition coefficient (Wildman–Crippen LogP) is 5.92. The van der Waals surface area contributed by atoms with Gasteiger partial charge in [-0.2, -0.15) is 0 Å². The molecule has 3 aromatic rings. The van der Waals surface area contributed by atoms with Crippen molar-refractivity contribution >= 4 is 23.2 Å². The number of halogens is 1. The van der Waals surface area contributed by atoms with Crippen LogP contribution in [-0.4, -0.2) is 34.1 Å². The number of rotatable bonds is 8. The number of nitrogens with zero attached hydrogens (tertiary/aromatic N) is 2. The molecule has 1 aliphatic carbocycles. The Bertz CT molecular complexity index is 1280. The highest BCUT2D eigenvalue weighted by atomic mass is 35.5. The van der Waals surface area contributed by atoms with Gasteiger partial charge in [-0.15, -0.1) is 0 Å². The minimum Gasteiger partial charge on any atom is -0.396 e. The Balaban J connectivity index is 1.59. The number of carbonyl (C=O) groups excluding carboxylic acids is 1. The maximum Gasteiger partial charge on any atom is 0.269 e. The number of ether oxygens (including phenoxy) is 1. The molecule has 1 N–H and O–H groups in total. The molecular formula is C29H29ClN2O5. The summed E-state index contributed by atoms with van der Waals surface area (Å²) in [5.41, 5.74) is 1.61. The summed E-state index contributed by atoms with van der Waals surface area (Å²) >= 11 is 6.23. The molecule has 0 aromatic heterocycles. The monoisotopic (exact) mass is 520 g/mol. The van der Waals surface area contributed by atoms with Crippen LogP contribution in [0.5, 0.6) is 0 Å². The molecule has 0 spiro atoms. The van der Waals surface area contributed by atoms with Gasteiger partial charge in [0.2, 0.25) is 0 Å². The van der Waals surface area contributed by atoms with Gasteiger partial charge in [-0.05, 0) is 48.4 Å². The van der Waals surface area contributed by atoms with Gasteiger partial charge in [-0.3, -0.25) is 19.8 Å². The van der Waals surface area contributed by atoms with Crippen LogP contribution in [0.3, 0.4) is 0 Å². The average Bonchev–Trinajstić information content (AvgIpc) is 3.16. The Kier molecular flexibility index (Phi) is 7.29. The zero-order chi connectivity index (χ0) is 26.0. The van der Waals surface area contributed by atoms with Crippen molar-refractivity contribution in [2.45, 2.75) is 38.0 Å². The van der Waals surface area contributed by atoms with E-state index in [1.54, 1.807) is 35.2 Å². The number of benzene rings is 3. The number of aliphatic hydroxyl groups excluding tert-OH is 1. The van der Waals surface area contributed by atoms with Crippen LogP contribution in [0.15, 0.2) is 72.8 Å². The highest BCUT2D eigenvalue weighted by Crippen LogP contribution is 2.47. The fraction of sp³-hybridized carbons (Fsp3) is 0.345. The van der Waals surface area contributed by atoms with Crippen LogP contribution in [-0.2, 0) is 17.0 Å². The summed E-state index contributed by atoms with van der Waals surface area (Å²) in [5, 5.41) is 21.7. The molecule has 0 radical (unpaired) electrons. The van der Waals surface area contributed by atoms with Crippen LogP contribution < -0.4 is 0 Å².